The Morgan fingerprint density at radius 2 is 2.06 bits per heavy atom. The fraction of sp³-hybridized carbons (Fsp3) is 0.571. The highest BCUT2D eigenvalue weighted by Gasteiger charge is 2.13. The number of rotatable bonds is 4. The van der Waals surface area contributed by atoms with E-state index in [4.69, 9.17) is 10.5 Å². The third-order valence-electron chi connectivity index (χ3n) is 3.29. The lowest BCUT2D eigenvalue weighted by atomic mass is 9.95. The quantitative estimate of drug-likeness (QED) is 0.785. The molecule has 0 atom stereocenters. The lowest BCUT2D eigenvalue weighted by molar-refractivity contribution is 0.342. The van der Waals surface area contributed by atoms with E-state index in [1.54, 1.807) is 0 Å². The number of ether oxygens (including phenoxy) is 1. The zero-order valence-electron chi connectivity index (χ0n) is 10.5. The van der Waals surface area contributed by atoms with Gasteiger partial charge < -0.3 is 15.8 Å². The molecule has 1 aliphatic rings. The molecule has 1 saturated carbocycles. The second kappa shape index (κ2) is 5.80. The summed E-state index contributed by atoms with van der Waals surface area (Å²) in [4.78, 5) is 0. The van der Waals surface area contributed by atoms with Crippen molar-refractivity contribution in [3.8, 4) is 5.75 Å². The molecule has 0 aliphatic heterocycles. The van der Waals surface area contributed by atoms with Crippen LogP contribution in [0.1, 0.15) is 39.0 Å². The SMILES string of the molecule is CCOc1cc(NC2CCCCC2)ccc1N. The molecule has 0 radical (unpaired) electrons. The third-order valence-corrected chi connectivity index (χ3v) is 3.29. The second-order valence-corrected chi connectivity index (χ2v) is 4.66. The van der Waals surface area contributed by atoms with Crippen LogP contribution in [0.2, 0.25) is 0 Å². The Bertz CT molecular complexity index is 359. The maximum Gasteiger partial charge on any atom is 0.144 e. The van der Waals surface area contributed by atoms with Crippen LogP contribution in [0, 0.1) is 0 Å². The van der Waals surface area contributed by atoms with Crippen molar-refractivity contribution in [2.75, 3.05) is 17.7 Å². The summed E-state index contributed by atoms with van der Waals surface area (Å²) in [5.74, 6) is 0.785. The maximum atomic E-state index is 5.86. The molecule has 0 aromatic heterocycles. The van der Waals surface area contributed by atoms with Gasteiger partial charge in [-0.1, -0.05) is 19.3 Å². The van der Waals surface area contributed by atoms with Crippen LogP contribution < -0.4 is 15.8 Å². The Kier molecular flexibility index (Phi) is 4.13. The van der Waals surface area contributed by atoms with Gasteiger partial charge >= 0.3 is 0 Å². The molecule has 3 N–H and O–H groups in total. The fourth-order valence-electron chi connectivity index (χ4n) is 2.39. The van der Waals surface area contributed by atoms with Crippen LogP contribution >= 0.6 is 0 Å². The van der Waals surface area contributed by atoms with Crippen LogP contribution in [0.3, 0.4) is 0 Å². The molecule has 1 fully saturated rings. The van der Waals surface area contributed by atoms with Crippen molar-refractivity contribution in [3.63, 3.8) is 0 Å². The fourth-order valence-corrected chi connectivity index (χ4v) is 2.39. The monoisotopic (exact) mass is 234 g/mol. The predicted octanol–water partition coefficient (Wildman–Crippen LogP) is 3.41. The Morgan fingerprint density at radius 1 is 1.29 bits per heavy atom. The minimum Gasteiger partial charge on any atom is -0.492 e. The Labute approximate surface area is 103 Å². The van der Waals surface area contributed by atoms with Crippen molar-refractivity contribution >= 4 is 11.4 Å². The van der Waals surface area contributed by atoms with Gasteiger partial charge in [-0.05, 0) is 31.9 Å². The highest BCUT2D eigenvalue weighted by atomic mass is 16.5. The molecule has 17 heavy (non-hydrogen) atoms. The number of anilines is 2. The third kappa shape index (κ3) is 3.29. The molecule has 3 nitrogen and oxygen atoms in total. The summed E-state index contributed by atoms with van der Waals surface area (Å²) in [7, 11) is 0. The van der Waals surface area contributed by atoms with E-state index in [2.05, 4.69) is 5.32 Å². The van der Waals surface area contributed by atoms with E-state index in [0.29, 0.717) is 18.3 Å². The molecule has 0 unspecified atom stereocenters. The zero-order chi connectivity index (χ0) is 12.1. The minimum absolute atomic E-state index is 0.613. The van der Waals surface area contributed by atoms with Crippen molar-refractivity contribution in [1.29, 1.82) is 0 Å². The molecule has 94 valence electrons. The van der Waals surface area contributed by atoms with Gasteiger partial charge in [0.05, 0.1) is 12.3 Å². The molecule has 1 aromatic rings. The van der Waals surface area contributed by atoms with Gasteiger partial charge in [-0.3, -0.25) is 0 Å². The molecule has 0 amide bonds. The van der Waals surface area contributed by atoms with Crippen LogP contribution in [0.25, 0.3) is 0 Å². The number of nitrogens with one attached hydrogen (secondary N) is 1. The molecule has 0 saturated heterocycles. The normalized spacial score (nSPS) is 16.8. The van der Waals surface area contributed by atoms with Gasteiger partial charge in [0.15, 0.2) is 0 Å². The molecular weight excluding hydrogens is 212 g/mol. The Balaban J connectivity index is 2.02. The Morgan fingerprint density at radius 3 is 2.76 bits per heavy atom. The van der Waals surface area contributed by atoms with E-state index in [1.807, 2.05) is 25.1 Å². The van der Waals surface area contributed by atoms with Crippen LogP contribution in [0.5, 0.6) is 5.75 Å². The zero-order valence-corrected chi connectivity index (χ0v) is 10.5. The molecule has 1 aromatic carbocycles. The molecule has 0 bridgehead atoms. The van der Waals surface area contributed by atoms with Gasteiger partial charge in [0, 0.05) is 17.8 Å². The second-order valence-electron chi connectivity index (χ2n) is 4.66. The summed E-state index contributed by atoms with van der Waals surface area (Å²) in [6.07, 6.45) is 6.60. The number of nitrogen functional groups attached to an aromatic ring is 1. The van der Waals surface area contributed by atoms with Gasteiger partial charge in [0.25, 0.3) is 0 Å². The molecule has 1 aliphatic carbocycles. The largest absolute Gasteiger partial charge is 0.492 e. The van der Waals surface area contributed by atoms with E-state index in [0.717, 1.165) is 11.4 Å². The van der Waals surface area contributed by atoms with E-state index >= 15 is 0 Å². The molecule has 2 rings (SSSR count). The van der Waals surface area contributed by atoms with Crippen molar-refractivity contribution in [2.45, 2.75) is 45.1 Å². The van der Waals surface area contributed by atoms with Crippen molar-refractivity contribution in [3.05, 3.63) is 18.2 Å². The first kappa shape index (κ1) is 12.1. The van der Waals surface area contributed by atoms with Crippen LogP contribution in [-0.4, -0.2) is 12.6 Å². The van der Waals surface area contributed by atoms with E-state index in [-0.39, 0.29) is 0 Å². The standard InChI is InChI=1S/C14H22N2O/c1-2-17-14-10-12(8-9-13(14)15)16-11-6-4-3-5-7-11/h8-11,16H,2-7,15H2,1H3. The molecule has 0 spiro atoms. The summed E-state index contributed by atoms with van der Waals surface area (Å²) in [6.45, 7) is 2.62. The summed E-state index contributed by atoms with van der Waals surface area (Å²) < 4.78 is 5.50. The van der Waals surface area contributed by atoms with Crippen molar-refractivity contribution in [2.24, 2.45) is 0 Å². The lowest BCUT2D eigenvalue weighted by Crippen LogP contribution is -2.22. The van der Waals surface area contributed by atoms with Crippen molar-refractivity contribution in [1.82, 2.24) is 0 Å². The van der Waals surface area contributed by atoms with Gasteiger partial charge in [-0.2, -0.15) is 0 Å². The molecule has 3 heteroatoms. The van der Waals surface area contributed by atoms with Gasteiger partial charge in [-0.15, -0.1) is 0 Å². The van der Waals surface area contributed by atoms with E-state index < -0.39 is 0 Å². The van der Waals surface area contributed by atoms with Crippen LogP contribution in [0.15, 0.2) is 18.2 Å². The topological polar surface area (TPSA) is 47.3 Å². The molecule has 0 heterocycles. The average Bonchev–Trinajstić information content (AvgIpc) is 2.35. The molecular formula is C14H22N2O. The van der Waals surface area contributed by atoms with Gasteiger partial charge in [-0.25, -0.2) is 0 Å². The summed E-state index contributed by atoms with van der Waals surface area (Å²) in [6, 6.07) is 6.57. The number of benzene rings is 1. The van der Waals surface area contributed by atoms with E-state index in [1.165, 1.54) is 32.1 Å². The smallest absolute Gasteiger partial charge is 0.144 e. The average molecular weight is 234 g/mol. The Hall–Kier alpha value is -1.38. The maximum absolute atomic E-state index is 5.86. The number of nitrogens with two attached hydrogens (primary N) is 1. The lowest BCUT2D eigenvalue weighted by Gasteiger charge is -2.24. The first-order valence-corrected chi connectivity index (χ1v) is 6.58. The number of hydrogen-bond acceptors (Lipinski definition) is 3. The summed E-state index contributed by atoms with van der Waals surface area (Å²) in [5, 5.41) is 3.57. The van der Waals surface area contributed by atoms with Gasteiger partial charge in [0.1, 0.15) is 5.75 Å². The minimum atomic E-state index is 0.613. The highest BCUT2D eigenvalue weighted by molar-refractivity contribution is 5.61. The first-order valence-electron chi connectivity index (χ1n) is 6.58. The summed E-state index contributed by atoms with van der Waals surface area (Å²) >= 11 is 0. The van der Waals surface area contributed by atoms with Crippen LogP contribution in [-0.2, 0) is 0 Å². The predicted molar refractivity (Wildman–Crippen MR) is 72.5 cm³/mol. The summed E-state index contributed by atoms with van der Waals surface area (Å²) in [5.41, 5.74) is 7.69. The van der Waals surface area contributed by atoms with Crippen molar-refractivity contribution < 1.29 is 4.74 Å². The number of hydrogen-bond donors (Lipinski definition) is 2. The van der Waals surface area contributed by atoms with E-state index in [9.17, 15) is 0 Å². The van der Waals surface area contributed by atoms with Crippen LogP contribution in [0.4, 0.5) is 11.4 Å². The van der Waals surface area contributed by atoms with Gasteiger partial charge in [0.2, 0.25) is 0 Å². The first-order chi connectivity index (χ1) is 8.29. The highest BCUT2D eigenvalue weighted by Crippen LogP contribution is 2.28.